The van der Waals surface area contributed by atoms with Crippen LogP contribution in [0.15, 0.2) is 24.5 Å². The summed E-state index contributed by atoms with van der Waals surface area (Å²) in [6, 6.07) is 3.80. The highest BCUT2D eigenvalue weighted by Gasteiger charge is 2.09. The first-order chi connectivity index (χ1) is 10.3. The molecule has 2 aromatic rings. The van der Waals surface area contributed by atoms with Crippen LogP contribution in [0.2, 0.25) is 5.02 Å². The van der Waals surface area contributed by atoms with Crippen LogP contribution >= 0.6 is 11.6 Å². The predicted molar refractivity (Wildman–Crippen MR) is 83.8 cm³/mol. The smallest absolute Gasteiger partial charge is 0.137 e. The molecule has 1 aliphatic heterocycles. The fourth-order valence-electron chi connectivity index (χ4n) is 2.57. The second-order valence-corrected chi connectivity index (χ2v) is 5.77. The van der Waals surface area contributed by atoms with Gasteiger partial charge in [0.2, 0.25) is 0 Å². The summed E-state index contributed by atoms with van der Waals surface area (Å²) in [6.45, 7) is 6.81. The molecule has 1 N–H and O–H groups in total. The van der Waals surface area contributed by atoms with Crippen molar-refractivity contribution in [3.05, 3.63) is 35.2 Å². The van der Waals surface area contributed by atoms with Crippen LogP contribution in [-0.2, 0) is 11.3 Å². The molecule has 0 saturated carbocycles. The van der Waals surface area contributed by atoms with E-state index in [0.29, 0.717) is 0 Å². The summed E-state index contributed by atoms with van der Waals surface area (Å²) in [5.41, 5.74) is 1.98. The van der Waals surface area contributed by atoms with E-state index < -0.39 is 0 Å². The molecule has 3 heterocycles. The van der Waals surface area contributed by atoms with Gasteiger partial charge in [0, 0.05) is 32.0 Å². The maximum Gasteiger partial charge on any atom is 0.137 e. The van der Waals surface area contributed by atoms with E-state index in [-0.39, 0.29) is 0 Å². The quantitative estimate of drug-likeness (QED) is 0.826. The molecule has 1 fully saturated rings. The van der Waals surface area contributed by atoms with Crippen molar-refractivity contribution in [1.82, 2.24) is 19.6 Å². The summed E-state index contributed by atoms with van der Waals surface area (Å²) in [4.78, 5) is 7.01. The zero-order valence-corrected chi connectivity index (χ0v) is 12.9. The highest BCUT2D eigenvalue weighted by Crippen LogP contribution is 2.11. The van der Waals surface area contributed by atoms with Gasteiger partial charge in [0.1, 0.15) is 5.65 Å². The number of rotatable bonds is 6. The normalized spacial score (nSPS) is 16.6. The first-order valence-electron chi connectivity index (χ1n) is 7.45. The Morgan fingerprint density at radius 2 is 2.10 bits per heavy atom. The van der Waals surface area contributed by atoms with E-state index in [2.05, 4.69) is 15.2 Å². The molecule has 114 valence electrons. The van der Waals surface area contributed by atoms with Gasteiger partial charge in [0.25, 0.3) is 0 Å². The Morgan fingerprint density at radius 3 is 2.95 bits per heavy atom. The highest BCUT2D eigenvalue weighted by atomic mass is 35.5. The minimum Gasteiger partial charge on any atom is -0.379 e. The lowest BCUT2D eigenvalue weighted by Crippen LogP contribution is -2.37. The average Bonchev–Trinajstić information content (AvgIpc) is 2.90. The number of imidazole rings is 1. The summed E-state index contributed by atoms with van der Waals surface area (Å²) in [6.07, 6.45) is 5.06. The van der Waals surface area contributed by atoms with Gasteiger partial charge in [-0.2, -0.15) is 0 Å². The van der Waals surface area contributed by atoms with Crippen LogP contribution in [-0.4, -0.2) is 53.7 Å². The lowest BCUT2D eigenvalue weighted by atomic mass is 10.3. The van der Waals surface area contributed by atoms with E-state index in [0.717, 1.165) is 68.7 Å². The van der Waals surface area contributed by atoms with Crippen LogP contribution < -0.4 is 5.32 Å². The zero-order chi connectivity index (χ0) is 14.5. The molecular formula is C15H21ClN4O. The van der Waals surface area contributed by atoms with Crippen molar-refractivity contribution in [2.45, 2.75) is 13.0 Å². The van der Waals surface area contributed by atoms with E-state index in [1.54, 1.807) is 0 Å². The molecule has 1 saturated heterocycles. The molecule has 0 unspecified atom stereocenters. The predicted octanol–water partition coefficient (Wildman–Crippen LogP) is 1.80. The molecule has 0 spiro atoms. The van der Waals surface area contributed by atoms with Gasteiger partial charge < -0.3 is 14.5 Å². The molecule has 21 heavy (non-hydrogen) atoms. The Balaban J connectivity index is 1.40. The molecule has 5 nitrogen and oxygen atoms in total. The number of ether oxygens (including phenoxy) is 1. The number of nitrogens with one attached hydrogen (secondary N) is 1. The average molecular weight is 309 g/mol. The number of halogens is 1. The minimum atomic E-state index is 0.727. The molecule has 0 amide bonds. The van der Waals surface area contributed by atoms with Crippen molar-refractivity contribution in [2.75, 3.05) is 39.4 Å². The van der Waals surface area contributed by atoms with Gasteiger partial charge >= 0.3 is 0 Å². The summed E-state index contributed by atoms with van der Waals surface area (Å²) in [5, 5.41) is 4.18. The molecule has 3 rings (SSSR count). The van der Waals surface area contributed by atoms with Crippen LogP contribution in [0.1, 0.15) is 12.1 Å². The maximum atomic E-state index is 5.97. The Morgan fingerprint density at radius 1 is 1.24 bits per heavy atom. The summed E-state index contributed by atoms with van der Waals surface area (Å²) in [5.74, 6) is 0. The molecule has 1 aliphatic rings. The van der Waals surface area contributed by atoms with E-state index in [1.165, 1.54) is 0 Å². The molecule has 6 heteroatoms. The van der Waals surface area contributed by atoms with Gasteiger partial charge in [-0.15, -0.1) is 0 Å². The second-order valence-electron chi connectivity index (χ2n) is 5.33. The van der Waals surface area contributed by atoms with Crippen LogP contribution in [0, 0.1) is 0 Å². The van der Waals surface area contributed by atoms with Crippen molar-refractivity contribution in [1.29, 1.82) is 0 Å². The molecule has 0 atom stereocenters. The van der Waals surface area contributed by atoms with Crippen LogP contribution in [0.3, 0.4) is 0 Å². The van der Waals surface area contributed by atoms with Gasteiger partial charge in [0.05, 0.1) is 23.9 Å². The van der Waals surface area contributed by atoms with Crippen molar-refractivity contribution >= 4 is 17.2 Å². The molecule has 0 aliphatic carbocycles. The van der Waals surface area contributed by atoms with E-state index >= 15 is 0 Å². The number of morpholine rings is 1. The van der Waals surface area contributed by atoms with Crippen LogP contribution in [0.4, 0.5) is 0 Å². The first kappa shape index (κ1) is 14.8. The summed E-state index contributed by atoms with van der Waals surface area (Å²) < 4.78 is 7.31. The lowest BCUT2D eigenvalue weighted by molar-refractivity contribution is 0.0374. The standard InChI is InChI=1S/C15H21ClN4O/c16-13-2-3-15-18-14(12-20(15)11-13)10-17-4-1-5-19-6-8-21-9-7-19/h2-3,11-12,17H,1,4-10H2. The fraction of sp³-hybridized carbons (Fsp3) is 0.533. The number of fused-ring (bicyclic) bond motifs is 1. The van der Waals surface area contributed by atoms with Crippen molar-refractivity contribution in [2.24, 2.45) is 0 Å². The molecule has 0 bridgehead atoms. The number of pyridine rings is 1. The first-order valence-corrected chi connectivity index (χ1v) is 7.83. The Hall–Kier alpha value is -1.14. The van der Waals surface area contributed by atoms with Crippen LogP contribution in [0.5, 0.6) is 0 Å². The van der Waals surface area contributed by atoms with E-state index in [1.807, 2.05) is 28.9 Å². The molecule has 2 aromatic heterocycles. The topological polar surface area (TPSA) is 41.8 Å². The fourth-order valence-corrected chi connectivity index (χ4v) is 2.74. The second kappa shape index (κ2) is 7.22. The number of aromatic nitrogens is 2. The summed E-state index contributed by atoms with van der Waals surface area (Å²) >= 11 is 5.97. The van der Waals surface area contributed by atoms with E-state index in [4.69, 9.17) is 16.3 Å². The number of hydrogen-bond donors (Lipinski definition) is 1. The SMILES string of the molecule is Clc1ccc2nc(CNCCCN3CCOCC3)cn2c1. The van der Waals surface area contributed by atoms with Gasteiger partial charge in [0.15, 0.2) is 0 Å². The Kier molecular flexibility index (Phi) is 5.08. The third-order valence-corrected chi connectivity index (χ3v) is 3.93. The molecule has 0 aromatic carbocycles. The Labute approximate surface area is 129 Å². The maximum absolute atomic E-state index is 5.97. The summed E-state index contributed by atoms with van der Waals surface area (Å²) in [7, 11) is 0. The van der Waals surface area contributed by atoms with Gasteiger partial charge in [-0.3, -0.25) is 4.90 Å². The third kappa shape index (κ3) is 4.17. The third-order valence-electron chi connectivity index (χ3n) is 3.70. The number of nitrogens with zero attached hydrogens (tertiary/aromatic N) is 3. The zero-order valence-electron chi connectivity index (χ0n) is 12.1. The van der Waals surface area contributed by atoms with Crippen molar-refractivity contribution in [3.8, 4) is 0 Å². The molecular weight excluding hydrogens is 288 g/mol. The lowest BCUT2D eigenvalue weighted by Gasteiger charge is -2.26. The Bertz CT molecular complexity index is 580. The highest BCUT2D eigenvalue weighted by molar-refractivity contribution is 6.30. The largest absolute Gasteiger partial charge is 0.379 e. The van der Waals surface area contributed by atoms with Crippen molar-refractivity contribution < 1.29 is 4.74 Å². The van der Waals surface area contributed by atoms with E-state index in [9.17, 15) is 0 Å². The number of hydrogen-bond acceptors (Lipinski definition) is 4. The van der Waals surface area contributed by atoms with Gasteiger partial charge in [-0.1, -0.05) is 11.6 Å². The van der Waals surface area contributed by atoms with Gasteiger partial charge in [-0.05, 0) is 31.6 Å². The van der Waals surface area contributed by atoms with Gasteiger partial charge in [-0.25, -0.2) is 4.98 Å². The van der Waals surface area contributed by atoms with Crippen molar-refractivity contribution in [3.63, 3.8) is 0 Å². The monoisotopic (exact) mass is 308 g/mol. The minimum absolute atomic E-state index is 0.727. The van der Waals surface area contributed by atoms with Crippen LogP contribution in [0.25, 0.3) is 5.65 Å². The molecule has 0 radical (unpaired) electrons.